The maximum Gasteiger partial charge on any atom is 0.119 e. The number of hydrogen-bond donors (Lipinski definition) is 1. The summed E-state index contributed by atoms with van der Waals surface area (Å²) < 4.78 is 10.6. The lowest BCUT2D eigenvalue weighted by Crippen LogP contribution is -2.51. The average molecular weight is 443 g/mol. The Balaban J connectivity index is 1.40. The first-order valence-corrected chi connectivity index (χ1v) is 10.8. The Bertz CT molecular complexity index is 1200. The van der Waals surface area contributed by atoms with E-state index in [4.69, 9.17) is 19.3 Å². The highest BCUT2D eigenvalue weighted by atomic mass is 16.8. The largest absolute Gasteiger partial charge is 0.828 e. The van der Waals surface area contributed by atoms with Gasteiger partial charge in [0.15, 0.2) is 0 Å². The number of rotatable bonds is 5. The molecule has 6 rings (SSSR count). The SMILES string of the molecule is COc1ccc(C2C3C(C4C([O-])ONN4c4ccc(OC)cc4)=Nc4ccccc4N32)cc1. The minimum absolute atomic E-state index is 0.0287. The van der Waals surface area contributed by atoms with Crippen molar-refractivity contribution in [1.82, 2.24) is 5.59 Å². The summed E-state index contributed by atoms with van der Waals surface area (Å²) in [7, 11) is 3.28. The van der Waals surface area contributed by atoms with Crippen LogP contribution in [0.2, 0.25) is 0 Å². The molecule has 2 saturated heterocycles. The van der Waals surface area contributed by atoms with Crippen molar-refractivity contribution in [3.8, 4) is 11.5 Å². The number of nitrogens with one attached hydrogen (secondary N) is 1. The first kappa shape index (κ1) is 20.0. The number of methoxy groups -OCH3 is 2. The second-order valence-electron chi connectivity index (χ2n) is 8.19. The molecule has 0 aromatic heterocycles. The molecule has 0 aliphatic carbocycles. The van der Waals surface area contributed by atoms with Crippen molar-refractivity contribution < 1.29 is 19.4 Å². The highest BCUT2D eigenvalue weighted by Crippen LogP contribution is 2.54. The van der Waals surface area contributed by atoms with Gasteiger partial charge in [0.25, 0.3) is 0 Å². The van der Waals surface area contributed by atoms with Gasteiger partial charge < -0.3 is 19.5 Å². The van der Waals surface area contributed by atoms with Crippen molar-refractivity contribution in [2.24, 2.45) is 4.99 Å². The molecule has 4 atom stereocenters. The van der Waals surface area contributed by atoms with E-state index in [1.54, 1.807) is 19.2 Å². The lowest BCUT2D eigenvalue weighted by molar-refractivity contribution is -0.487. The summed E-state index contributed by atoms with van der Waals surface area (Å²) in [6, 6.07) is 23.0. The molecule has 0 amide bonds. The molecular weight excluding hydrogens is 420 g/mol. The molecule has 3 heterocycles. The van der Waals surface area contributed by atoms with E-state index in [0.717, 1.165) is 39.8 Å². The zero-order valence-electron chi connectivity index (χ0n) is 18.2. The van der Waals surface area contributed by atoms with Crippen LogP contribution in [0.4, 0.5) is 17.1 Å². The normalized spacial score (nSPS) is 25.2. The Hall–Kier alpha value is -3.59. The molecule has 0 saturated carbocycles. The first-order chi connectivity index (χ1) is 16.2. The maximum atomic E-state index is 13.0. The molecule has 8 heteroatoms. The van der Waals surface area contributed by atoms with Gasteiger partial charge in [0.1, 0.15) is 17.5 Å². The number of hydrazine groups is 1. The maximum absolute atomic E-state index is 13.0. The van der Waals surface area contributed by atoms with E-state index in [9.17, 15) is 5.11 Å². The fourth-order valence-corrected chi connectivity index (χ4v) is 4.78. The lowest BCUT2D eigenvalue weighted by Gasteiger charge is -2.31. The fourth-order valence-electron chi connectivity index (χ4n) is 4.78. The standard InChI is InChI=1S/C25H23N4O4/c1-31-17-11-7-15(8-12-17)22-23-21(26-19-5-3-4-6-20(19)28(22)23)24-25(30)33-27-29(24)16-9-13-18(32-2)14-10-16/h3-14,22-25,27H,1-2H3/q-1. The third kappa shape index (κ3) is 3.22. The van der Waals surface area contributed by atoms with E-state index < -0.39 is 12.3 Å². The van der Waals surface area contributed by atoms with Crippen LogP contribution >= 0.6 is 0 Å². The Morgan fingerprint density at radius 3 is 2.21 bits per heavy atom. The second kappa shape index (κ2) is 7.77. The number of hydrogen-bond acceptors (Lipinski definition) is 8. The number of fused-ring (bicyclic) bond motifs is 3. The first-order valence-electron chi connectivity index (χ1n) is 10.8. The molecule has 3 aromatic rings. The van der Waals surface area contributed by atoms with E-state index in [1.165, 1.54) is 0 Å². The van der Waals surface area contributed by atoms with Crippen molar-refractivity contribution >= 4 is 22.8 Å². The Labute approximate surface area is 191 Å². The highest BCUT2D eigenvalue weighted by molar-refractivity contribution is 6.09. The predicted molar refractivity (Wildman–Crippen MR) is 123 cm³/mol. The summed E-state index contributed by atoms with van der Waals surface area (Å²) in [5, 5.41) is 14.8. The minimum atomic E-state index is -1.32. The van der Waals surface area contributed by atoms with Crippen LogP contribution in [0.1, 0.15) is 11.6 Å². The van der Waals surface area contributed by atoms with Crippen molar-refractivity contribution in [3.05, 3.63) is 78.4 Å². The highest BCUT2D eigenvalue weighted by Gasteiger charge is 2.57. The van der Waals surface area contributed by atoms with E-state index >= 15 is 0 Å². The van der Waals surface area contributed by atoms with E-state index in [-0.39, 0.29) is 12.1 Å². The van der Waals surface area contributed by atoms with Crippen LogP contribution in [-0.4, -0.2) is 38.3 Å². The molecule has 0 radical (unpaired) electrons. The van der Waals surface area contributed by atoms with Crippen LogP contribution in [0.5, 0.6) is 11.5 Å². The van der Waals surface area contributed by atoms with Crippen LogP contribution < -0.4 is 30.1 Å². The van der Waals surface area contributed by atoms with E-state index in [0.29, 0.717) is 0 Å². The molecule has 0 bridgehead atoms. The predicted octanol–water partition coefficient (Wildman–Crippen LogP) is 2.73. The Morgan fingerprint density at radius 1 is 0.848 bits per heavy atom. The number of anilines is 2. The molecule has 4 unspecified atom stereocenters. The van der Waals surface area contributed by atoms with Crippen LogP contribution in [0.25, 0.3) is 0 Å². The van der Waals surface area contributed by atoms with Crippen molar-refractivity contribution in [2.75, 3.05) is 24.1 Å². The smallest absolute Gasteiger partial charge is 0.119 e. The van der Waals surface area contributed by atoms with Gasteiger partial charge in [-0.1, -0.05) is 24.3 Å². The topological polar surface area (TPSA) is 81.4 Å². The van der Waals surface area contributed by atoms with Gasteiger partial charge in [0.05, 0.1) is 49.1 Å². The van der Waals surface area contributed by atoms with Gasteiger partial charge in [-0.3, -0.25) is 14.8 Å². The van der Waals surface area contributed by atoms with E-state index in [2.05, 4.69) is 28.7 Å². The van der Waals surface area contributed by atoms with Crippen molar-refractivity contribution in [1.29, 1.82) is 0 Å². The number of ether oxygens (including phenoxy) is 2. The number of benzene rings is 3. The fraction of sp³-hybridized carbons (Fsp3) is 0.240. The zero-order valence-corrected chi connectivity index (χ0v) is 18.2. The second-order valence-corrected chi connectivity index (χ2v) is 8.19. The van der Waals surface area contributed by atoms with Gasteiger partial charge in [0.2, 0.25) is 0 Å². The monoisotopic (exact) mass is 443 g/mol. The summed E-state index contributed by atoms with van der Waals surface area (Å²) in [6.07, 6.45) is -1.32. The minimum Gasteiger partial charge on any atom is -0.828 e. The van der Waals surface area contributed by atoms with Crippen LogP contribution in [0, 0.1) is 0 Å². The summed E-state index contributed by atoms with van der Waals surface area (Å²) >= 11 is 0. The van der Waals surface area contributed by atoms with E-state index in [1.807, 2.05) is 54.6 Å². The number of nitrogens with zero attached hydrogens (tertiary/aromatic N) is 3. The molecule has 0 spiro atoms. The van der Waals surface area contributed by atoms with Gasteiger partial charge in [-0.2, -0.15) is 0 Å². The van der Waals surface area contributed by atoms with Crippen LogP contribution in [0.15, 0.2) is 77.8 Å². The Morgan fingerprint density at radius 2 is 1.52 bits per heavy atom. The van der Waals surface area contributed by atoms with Gasteiger partial charge in [-0.15, -0.1) is 5.59 Å². The zero-order chi connectivity index (χ0) is 22.5. The third-order valence-electron chi connectivity index (χ3n) is 6.44. The Kier molecular flexibility index (Phi) is 4.72. The third-order valence-corrected chi connectivity index (χ3v) is 6.44. The molecule has 33 heavy (non-hydrogen) atoms. The quantitative estimate of drug-likeness (QED) is 0.608. The summed E-state index contributed by atoms with van der Waals surface area (Å²) in [4.78, 5) is 12.6. The molecule has 1 N–H and O–H groups in total. The molecular formula is C25H23N4O4-. The van der Waals surface area contributed by atoms with Crippen molar-refractivity contribution in [3.63, 3.8) is 0 Å². The van der Waals surface area contributed by atoms with Crippen LogP contribution in [0.3, 0.4) is 0 Å². The van der Waals surface area contributed by atoms with Gasteiger partial charge >= 0.3 is 0 Å². The molecule has 3 aliphatic rings. The van der Waals surface area contributed by atoms with Gasteiger partial charge in [-0.25, -0.2) is 0 Å². The number of aliphatic imine (C=N–C) groups is 1. The average Bonchev–Trinajstić information content (AvgIpc) is 3.51. The van der Waals surface area contributed by atoms with Gasteiger partial charge in [-0.05, 0) is 54.1 Å². The molecule has 2 fully saturated rings. The summed E-state index contributed by atoms with van der Waals surface area (Å²) in [6.45, 7) is 0. The van der Waals surface area contributed by atoms with Crippen molar-refractivity contribution in [2.45, 2.75) is 24.4 Å². The molecule has 3 aromatic carbocycles. The van der Waals surface area contributed by atoms with Crippen LogP contribution in [-0.2, 0) is 4.84 Å². The summed E-state index contributed by atoms with van der Waals surface area (Å²) in [5.41, 5.74) is 7.46. The lowest BCUT2D eigenvalue weighted by atomic mass is 10.0. The molecule has 168 valence electrons. The number of para-hydroxylation sites is 2. The molecule has 8 nitrogen and oxygen atoms in total. The van der Waals surface area contributed by atoms with Gasteiger partial charge in [0, 0.05) is 6.29 Å². The summed E-state index contributed by atoms with van der Waals surface area (Å²) in [5.74, 6) is 1.55. The molecule has 3 aliphatic heterocycles.